The molecule has 0 saturated carbocycles. The molecule has 1 aromatic rings. The average Bonchev–Trinajstić information content (AvgIpc) is 2.86. The molecule has 0 aliphatic carbocycles. The van der Waals surface area contributed by atoms with Crippen LogP contribution in [0.3, 0.4) is 0 Å². The summed E-state index contributed by atoms with van der Waals surface area (Å²) < 4.78 is 6.13. The van der Waals surface area contributed by atoms with Crippen LogP contribution in [0.25, 0.3) is 0 Å². The molecular weight excluding hydrogens is 334 g/mol. The lowest BCUT2D eigenvalue weighted by molar-refractivity contribution is 0.202. The van der Waals surface area contributed by atoms with Gasteiger partial charge in [-0.05, 0) is 41.0 Å². The van der Waals surface area contributed by atoms with Gasteiger partial charge in [-0.1, -0.05) is 6.92 Å². The van der Waals surface area contributed by atoms with Crippen LogP contribution in [0.1, 0.15) is 18.9 Å². The number of ether oxygens (including phenoxy) is 1. The van der Waals surface area contributed by atoms with Crippen molar-refractivity contribution in [2.75, 3.05) is 32.6 Å². The molecule has 0 spiro atoms. The molecule has 0 radical (unpaired) electrons. The Hall–Kier alpha value is -1.27. The lowest BCUT2D eigenvalue weighted by Gasteiger charge is -2.32. The number of rotatable bonds is 1. The maximum absolute atomic E-state index is 11.5. The van der Waals surface area contributed by atoms with Crippen molar-refractivity contribution >= 4 is 27.7 Å². The molecular formula is C15H20BrN3O2. The lowest BCUT2D eigenvalue weighted by Crippen LogP contribution is -2.45. The van der Waals surface area contributed by atoms with E-state index in [1.807, 2.05) is 6.07 Å². The minimum absolute atomic E-state index is 0.118. The number of carbonyl (C=O) groups is 1. The number of hydrogen-bond acceptors (Lipinski definition) is 4. The molecule has 2 aliphatic heterocycles. The zero-order chi connectivity index (χ0) is 15.4. The van der Waals surface area contributed by atoms with Gasteiger partial charge >= 0.3 is 6.09 Å². The van der Waals surface area contributed by atoms with Crippen molar-refractivity contribution in [3.05, 3.63) is 22.2 Å². The zero-order valence-corrected chi connectivity index (χ0v) is 14.3. The number of anilines is 1. The number of likely N-dealkylation sites (tertiary alicyclic amines) is 1. The Morgan fingerprint density at radius 2 is 2.19 bits per heavy atom. The number of carbonyl (C=O) groups excluding carboxylic acids is 1. The van der Waals surface area contributed by atoms with Crippen LogP contribution in [-0.2, 0) is 5.41 Å². The van der Waals surface area contributed by atoms with Crippen molar-refractivity contribution in [3.63, 3.8) is 0 Å². The molecule has 2 heterocycles. The number of fused-ring (bicyclic) bond motifs is 3. The highest BCUT2D eigenvalue weighted by Crippen LogP contribution is 2.53. The van der Waals surface area contributed by atoms with Gasteiger partial charge in [0.1, 0.15) is 5.75 Å². The number of amides is 1. The van der Waals surface area contributed by atoms with Gasteiger partial charge in [-0.15, -0.1) is 0 Å². The monoisotopic (exact) mass is 353 g/mol. The van der Waals surface area contributed by atoms with Crippen molar-refractivity contribution < 1.29 is 9.53 Å². The Morgan fingerprint density at radius 1 is 1.48 bits per heavy atom. The molecule has 1 aromatic carbocycles. The van der Waals surface area contributed by atoms with Gasteiger partial charge in [0.2, 0.25) is 0 Å². The van der Waals surface area contributed by atoms with E-state index >= 15 is 0 Å². The maximum atomic E-state index is 11.5. The van der Waals surface area contributed by atoms with Crippen molar-refractivity contribution in [2.45, 2.75) is 24.9 Å². The van der Waals surface area contributed by atoms with Gasteiger partial charge in [0, 0.05) is 37.8 Å². The van der Waals surface area contributed by atoms with E-state index in [0.717, 1.165) is 23.1 Å². The summed E-state index contributed by atoms with van der Waals surface area (Å²) in [6.07, 6.45) is 1.03. The van der Waals surface area contributed by atoms with Crippen molar-refractivity contribution in [2.24, 2.45) is 0 Å². The number of hydrogen-bond donors (Lipinski definition) is 1. The van der Waals surface area contributed by atoms with E-state index in [1.54, 1.807) is 7.05 Å². The fourth-order valence-corrected chi connectivity index (χ4v) is 4.22. The normalized spacial score (nSPS) is 27.5. The molecule has 0 bridgehead atoms. The largest absolute Gasteiger partial charge is 0.412 e. The minimum atomic E-state index is -0.458. The molecule has 0 aromatic heterocycles. The van der Waals surface area contributed by atoms with Gasteiger partial charge in [0.25, 0.3) is 0 Å². The summed E-state index contributed by atoms with van der Waals surface area (Å²) in [5.74, 6) is 0.547. The van der Waals surface area contributed by atoms with E-state index in [2.05, 4.69) is 58.1 Å². The smallest absolute Gasteiger partial charge is 0.409 e. The molecule has 114 valence electrons. The first-order valence-electron chi connectivity index (χ1n) is 7.05. The van der Waals surface area contributed by atoms with Crippen LogP contribution in [0.4, 0.5) is 10.5 Å². The first-order chi connectivity index (χ1) is 9.88. The summed E-state index contributed by atoms with van der Waals surface area (Å²) in [4.78, 5) is 16.1. The topological polar surface area (TPSA) is 44.8 Å². The van der Waals surface area contributed by atoms with Crippen molar-refractivity contribution in [3.8, 4) is 5.75 Å². The first-order valence-corrected chi connectivity index (χ1v) is 7.84. The second kappa shape index (κ2) is 4.88. The predicted molar refractivity (Wildman–Crippen MR) is 86.0 cm³/mol. The summed E-state index contributed by atoms with van der Waals surface area (Å²) in [6, 6.07) is 4.05. The summed E-state index contributed by atoms with van der Waals surface area (Å²) >= 11 is 3.53. The molecule has 6 heteroatoms. The van der Waals surface area contributed by atoms with Gasteiger partial charge in [0.05, 0.1) is 10.6 Å². The Morgan fingerprint density at radius 3 is 2.86 bits per heavy atom. The van der Waals surface area contributed by atoms with Crippen LogP contribution in [-0.4, -0.2) is 44.8 Å². The fraction of sp³-hybridized carbons (Fsp3) is 0.533. The molecule has 2 aliphatic rings. The minimum Gasteiger partial charge on any atom is -0.409 e. The average molecular weight is 354 g/mol. The SMILES string of the molecule is CNC(=O)Oc1cc2c(cc1Br)[C@]1(C)CCN(C)[C@@H]1N2C. The van der Waals surface area contributed by atoms with E-state index < -0.39 is 6.09 Å². The number of likely N-dealkylation sites (N-methyl/N-ethyl adjacent to an activating group) is 2. The highest BCUT2D eigenvalue weighted by molar-refractivity contribution is 9.10. The maximum Gasteiger partial charge on any atom is 0.412 e. The molecule has 2 atom stereocenters. The fourth-order valence-electron chi connectivity index (χ4n) is 3.80. The van der Waals surface area contributed by atoms with E-state index in [9.17, 15) is 4.79 Å². The van der Waals surface area contributed by atoms with Crippen LogP contribution in [0.15, 0.2) is 16.6 Å². The first kappa shape index (κ1) is 14.7. The van der Waals surface area contributed by atoms with Gasteiger partial charge in [-0.3, -0.25) is 4.90 Å². The Labute approximate surface area is 133 Å². The Balaban J connectivity index is 2.06. The van der Waals surface area contributed by atoms with Gasteiger partial charge in [-0.25, -0.2) is 4.79 Å². The third-order valence-electron chi connectivity index (χ3n) is 4.79. The molecule has 0 unspecified atom stereocenters. The highest BCUT2D eigenvalue weighted by atomic mass is 79.9. The summed E-state index contributed by atoms with van der Waals surface area (Å²) in [5.41, 5.74) is 2.57. The quantitative estimate of drug-likeness (QED) is 0.842. The summed E-state index contributed by atoms with van der Waals surface area (Å²) in [7, 11) is 5.82. The van der Waals surface area contributed by atoms with Gasteiger partial charge in [-0.2, -0.15) is 0 Å². The second-order valence-electron chi connectivity index (χ2n) is 6.07. The molecule has 1 saturated heterocycles. The molecule has 5 nitrogen and oxygen atoms in total. The van der Waals surface area contributed by atoms with Crippen molar-refractivity contribution in [1.29, 1.82) is 0 Å². The number of nitrogens with zero attached hydrogens (tertiary/aromatic N) is 2. The molecule has 1 N–H and O–H groups in total. The third kappa shape index (κ3) is 2.04. The molecule has 1 fully saturated rings. The Kier molecular flexibility index (Phi) is 3.41. The van der Waals surface area contributed by atoms with Crippen LogP contribution < -0.4 is 15.0 Å². The predicted octanol–water partition coefficient (Wildman–Crippen LogP) is 2.54. The summed E-state index contributed by atoms with van der Waals surface area (Å²) in [5, 5.41) is 2.47. The van der Waals surface area contributed by atoms with E-state index in [-0.39, 0.29) is 5.41 Å². The van der Waals surface area contributed by atoms with Crippen LogP contribution in [0, 0.1) is 0 Å². The van der Waals surface area contributed by atoms with E-state index in [4.69, 9.17) is 4.74 Å². The molecule has 1 amide bonds. The highest BCUT2D eigenvalue weighted by Gasteiger charge is 2.52. The van der Waals surface area contributed by atoms with E-state index in [0.29, 0.717) is 11.9 Å². The second-order valence-corrected chi connectivity index (χ2v) is 6.93. The Bertz CT molecular complexity index is 607. The third-order valence-corrected chi connectivity index (χ3v) is 5.41. The van der Waals surface area contributed by atoms with E-state index in [1.165, 1.54) is 5.56 Å². The van der Waals surface area contributed by atoms with Gasteiger partial charge < -0.3 is 15.0 Å². The summed E-state index contributed by atoms with van der Waals surface area (Å²) in [6.45, 7) is 3.41. The number of nitrogens with one attached hydrogen (secondary N) is 1. The molecule has 21 heavy (non-hydrogen) atoms. The van der Waals surface area contributed by atoms with Crippen LogP contribution >= 0.6 is 15.9 Å². The zero-order valence-electron chi connectivity index (χ0n) is 12.7. The van der Waals surface area contributed by atoms with Crippen LogP contribution in [0.2, 0.25) is 0 Å². The van der Waals surface area contributed by atoms with Crippen molar-refractivity contribution in [1.82, 2.24) is 10.2 Å². The van der Waals surface area contributed by atoms with Crippen LogP contribution in [0.5, 0.6) is 5.75 Å². The van der Waals surface area contributed by atoms with Gasteiger partial charge in [0.15, 0.2) is 0 Å². The molecule has 3 rings (SSSR count). The standard InChI is InChI=1S/C15H20BrN3O2/c1-15-5-6-18(3)13(15)19(4)11-8-12(21-14(20)17-2)10(16)7-9(11)15/h7-8,13H,5-6H2,1-4H3,(H,17,20)/t13-,15+/m1/s1. The number of halogens is 1. The number of benzene rings is 1. The lowest BCUT2D eigenvalue weighted by atomic mass is 9.81.